The number of unbranched alkanes of at least 4 members (excludes halogenated alkanes) is 29. The summed E-state index contributed by atoms with van der Waals surface area (Å²) in [6.07, 6.45) is 47.5. The van der Waals surface area contributed by atoms with Gasteiger partial charge in [0.2, 0.25) is 0 Å². The second-order valence-corrected chi connectivity index (χ2v) is 15.2. The summed E-state index contributed by atoms with van der Waals surface area (Å²) in [4.78, 5) is 11.1. The van der Waals surface area contributed by atoms with E-state index in [2.05, 4.69) is 27.4 Å². The van der Waals surface area contributed by atoms with Crippen LogP contribution in [0.15, 0.2) is 12.7 Å². The number of rotatable bonds is 40. The van der Waals surface area contributed by atoms with Crippen molar-refractivity contribution in [2.45, 2.75) is 233 Å². The highest BCUT2D eigenvalue weighted by atomic mass is 16.5. The normalized spacial score (nSPS) is 11.7. The highest BCUT2D eigenvalue weighted by Gasteiger charge is 2.25. The zero-order valence-electron chi connectivity index (χ0n) is 32.9. The van der Waals surface area contributed by atoms with Gasteiger partial charge in [-0.05, 0) is 57.8 Å². The molecule has 0 heterocycles. The second-order valence-electron chi connectivity index (χ2n) is 15.2. The van der Waals surface area contributed by atoms with E-state index in [1.54, 1.807) is 0 Å². The number of hydrogen-bond donors (Lipinski definition) is 0. The van der Waals surface area contributed by atoms with E-state index < -0.39 is 0 Å². The molecular weight excluding hydrogens is 574 g/mol. The Kier molecular flexibility index (Phi) is 37.3. The van der Waals surface area contributed by atoms with Gasteiger partial charge in [-0.15, -0.1) is 0 Å². The molecule has 0 aromatic rings. The molecule has 0 aliphatic heterocycles. The van der Waals surface area contributed by atoms with Gasteiger partial charge in [0.15, 0.2) is 0 Å². The average molecular weight is 663 g/mol. The number of quaternary nitrogens is 1. The Morgan fingerprint density at radius 1 is 0.404 bits per heavy atom. The zero-order valence-corrected chi connectivity index (χ0v) is 32.9. The highest BCUT2D eigenvalue weighted by molar-refractivity contribution is 5.81. The Bertz CT molecular complexity index is 610. The molecule has 0 radical (unpaired) electrons. The first kappa shape index (κ1) is 46.2. The predicted octanol–water partition coefficient (Wildman–Crippen LogP) is 14.5. The third-order valence-electron chi connectivity index (χ3n) is 10.6. The van der Waals surface area contributed by atoms with Crippen LogP contribution in [0.3, 0.4) is 0 Å². The maximum absolute atomic E-state index is 11.1. The van der Waals surface area contributed by atoms with Crippen molar-refractivity contribution in [2.24, 2.45) is 0 Å². The Labute approximate surface area is 297 Å². The van der Waals surface area contributed by atoms with Gasteiger partial charge >= 0.3 is 5.97 Å². The van der Waals surface area contributed by atoms with Crippen molar-refractivity contribution in [2.75, 3.05) is 32.8 Å². The third-order valence-corrected chi connectivity index (χ3v) is 10.6. The summed E-state index contributed by atoms with van der Waals surface area (Å²) in [5.74, 6) is -0.292. The molecule has 3 nitrogen and oxygen atoms in total. The molecule has 0 N–H and O–H groups in total. The van der Waals surface area contributed by atoms with Crippen LogP contribution in [0.5, 0.6) is 0 Å². The quantitative estimate of drug-likeness (QED) is 0.0282. The van der Waals surface area contributed by atoms with Gasteiger partial charge in [-0.3, -0.25) is 0 Å². The molecule has 0 unspecified atom stereocenters. The van der Waals surface area contributed by atoms with Gasteiger partial charge in [-0.25, -0.2) is 4.79 Å². The zero-order chi connectivity index (χ0) is 34.4. The van der Waals surface area contributed by atoms with Gasteiger partial charge in [0.05, 0.1) is 32.8 Å². The molecule has 47 heavy (non-hydrogen) atoms. The molecule has 0 spiro atoms. The number of carbonyl (C=O) groups excluding carboxylic acids is 1. The first-order valence-corrected chi connectivity index (χ1v) is 21.8. The summed E-state index contributed by atoms with van der Waals surface area (Å²) in [5.41, 5.74) is 0. The van der Waals surface area contributed by atoms with Crippen LogP contribution >= 0.6 is 0 Å². The van der Waals surface area contributed by atoms with E-state index in [9.17, 15) is 4.79 Å². The number of esters is 1. The lowest BCUT2D eigenvalue weighted by Gasteiger charge is -2.40. The van der Waals surface area contributed by atoms with E-state index in [1.165, 1.54) is 242 Å². The van der Waals surface area contributed by atoms with Crippen LogP contribution in [0.4, 0.5) is 0 Å². The SMILES string of the molecule is C=CC(=O)OCCCCCCCCCCCCC[N+](CCCCCC)(CCCCCCCCCCC)CCCCCCCCCCC. The van der Waals surface area contributed by atoms with E-state index in [4.69, 9.17) is 4.74 Å². The summed E-state index contributed by atoms with van der Waals surface area (Å²) in [6.45, 7) is 16.8. The fourth-order valence-corrected chi connectivity index (χ4v) is 7.43. The minimum Gasteiger partial charge on any atom is -0.463 e. The van der Waals surface area contributed by atoms with Gasteiger partial charge in [0.1, 0.15) is 0 Å². The number of nitrogens with zero attached hydrogens (tertiary/aromatic N) is 1. The topological polar surface area (TPSA) is 26.3 Å². The van der Waals surface area contributed by atoms with Crippen molar-refractivity contribution in [1.82, 2.24) is 0 Å². The van der Waals surface area contributed by atoms with Gasteiger partial charge in [-0.2, -0.15) is 0 Å². The lowest BCUT2D eigenvalue weighted by Crippen LogP contribution is -2.50. The molecule has 0 aliphatic carbocycles. The van der Waals surface area contributed by atoms with E-state index in [1.807, 2.05) is 0 Å². The Morgan fingerprint density at radius 2 is 0.638 bits per heavy atom. The van der Waals surface area contributed by atoms with Crippen LogP contribution in [0.1, 0.15) is 233 Å². The van der Waals surface area contributed by atoms with Crippen LogP contribution in [-0.4, -0.2) is 43.2 Å². The number of ether oxygens (including phenoxy) is 1. The molecule has 0 saturated heterocycles. The van der Waals surface area contributed by atoms with Crippen LogP contribution in [0.2, 0.25) is 0 Å². The average Bonchev–Trinajstić information content (AvgIpc) is 3.08. The number of hydrogen-bond acceptors (Lipinski definition) is 2. The smallest absolute Gasteiger partial charge is 0.330 e. The van der Waals surface area contributed by atoms with Crippen molar-refractivity contribution in [1.29, 1.82) is 0 Å². The van der Waals surface area contributed by atoms with Crippen LogP contribution in [-0.2, 0) is 9.53 Å². The molecule has 280 valence electrons. The lowest BCUT2D eigenvalue weighted by atomic mass is 10.0. The molecule has 0 atom stereocenters. The van der Waals surface area contributed by atoms with Crippen molar-refractivity contribution in [3.8, 4) is 0 Å². The van der Waals surface area contributed by atoms with Crippen molar-refractivity contribution in [3.63, 3.8) is 0 Å². The van der Waals surface area contributed by atoms with Gasteiger partial charge < -0.3 is 9.22 Å². The van der Waals surface area contributed by atoms with Gasteiger partial charge in [-0.1, -0.05) is 181 Å². The Balaban J connectivity index is 4.55. The summed E-state index contributed by atoms with van der Waals surface area (Å²) in [5, 5.41) is 0. The second kappa shape index (κ2) is 38.0. The van der Waals surface area contributed by atoms with Gasteiger partial charge in [0.25, 0.3) is 0 Å². The monoisotopic (exact) mass is 663 g/mol. The largest absolute Gasteiger partial charge is 0.463 e. The predicted molar refractivity (Wildman–Crippen MR) is 210 cm³/mol. The Hall–Kier alpha value is -0.830. The first-order valence-electron chi connectivity index (χ1n) is 21.8. The molecule has 3 heteroatoms. The van der Waals surface area contributed by atoms with E-state index in [0.29, 0.717) is 6.61 Å². The van der Waals surface area contributed by atoms with Crippen molar-refractivity contribution in [3.05, 3.63) is 12.7 Å². The molecule has 0 fully saturated rings. The van der Waals surface area contributed by atoms with Gasteiger partial charge in [0, 0.05) is 6.08 Å². The molecule has 0 rings (SSSR count). The third kappa shape index (κ3) is 33.4. The molecule has 0 saturated carbocycles. The lowest BCUT2D eigenvalue weighted by molar-refractivity contribution is -0.929. The summed E-state index contributed by atoms with van der Waals surface area (Å²) < 4.78 is 6.52. The summed E-state index contributed by atoms with van der Waals surface area (Å²) >= 11 is 0. The molecule has 0 bridgehead atoms. The van der Waals surface area contributed by atoms with E-state index in [0.717, 1.165) is 6.42 Å². The van der Waals surface area contributed by atoms with Crippen molar-refractivity contribution < 1.29 is 14.0 Å². The summed E-state index contributed by atoms with van der Waals surface area (Å²) in [6, 6.07) is 0. The molecule has 0 aliphatic rings. The van der Waals surface area contributed by atoms with Crippen LogP contribution < -0.4 is 0 Å². The Morgan fingerprint density at radius 3 is 0.915 bits per heavy atom. The molecule has 0 aromatic heterocycles. The molecular formula is C44H88NO2+. The fourth-order valence-electron chi connectivity index (χ4n) is 7.43. The molecule has 0 aromatic carbocycles. The van der Waals surface area contributed by atoms with Crippen LogP contribution in [0.25, 0.3) is 0 Å². The fraction of sp³-hybridized carbons (Fsp3) is 0.932. The minimum absolute atomic E-state index is 0.292. The first-order chi connectivity index (χ1) is 23.1. The number of carbonyl (C=O) groups is 1. The summed E-state index contributed by atoms with van der Waals surface area (Å²) in [7, 11) is 0. The standard InChI is InChI=1S/C44H88NO2/c1-5-9-12-15-17-22-26-30-35-40-45(39-34-14-11-7-3,41-36-31-27-23-18-16-13-10-6-2)42-37-32-28-24-20-19-21-25-29-33-38-43-47-44(46)8-4/h8H,4-7,9-43H2,1-3H3/q+1. The van der Waals surface area contributed by atoms with Crippen molar-refractivity contribution >= 4 is 5.97 Å². The highest BCUT2D eigenvalue weighted by Crippen LogP contribution is 2.21. The minimum atomic E-state index is -0.292. The maximum Gasteiger partial charge on any atom is 0.330 e. The van der Waals surface area contributed by atoms with E-state index in [-0.39, 0.29) is 5.97 Å². The maximum atomic E-state index is 11.1. The molecule has 0 amide bonds. The van der Waals surface area contributed by atoms with E-state index >= 15 is 0 Å². The van der Waals surface area contributed by atoms with Crippen LogP contribution in [0, 0.1) is 0 Å².